The molecular weight excluding hydrogens is 268 g/mol. The number of likely N-dealkylation sites (N-methyl/N-ethyl adjacent to an activating group) is 1. The van der Waals surface area contributed by atoms with E-state index in [1.807, 2.05) is 19.3 Å². The van der Waals surface area contributed by atoms with Crippen molar-refractivity contribution in [2.24, 2.45) is 4.99 Å². The van der Waals surface area contributed by atoms with Gasteiger partial charge in [-0.05, 0) is 33.1 Å². The highest BCUT2D eigenvalue weighted by Crippen LogP contribution is 2.20. The first-order chi connectivity index (χ1) is 10.5. The first-order valence-corrected chi connectivity index (χ1v) is 8.45. The van der Waals surface area contributed by atoms with Crippen LogP contribution in [0.4, 0.5) is 0 Å². The summed E-state index contributed by atoms with van der Waals surface area (Å²) >= 11 is 0. The third-order valence-corrected chi connectivity index (χ3v) is 3.84. The van der Waals surface area contributed by atoms with Crippen LogP contribution < -0.4 is 0 Å². The van der Waals surface area contributed by atoms with Crippen LogP contribution in [0.1, 0.15) is 60.3 Å². The van der Waals surface area contributed by atoms with Crippen molar-refractivity contribution in [3.05, 3.63) is 47.3 Å². The lowest BCUT2D eigenvalue weighted by molar-refractivity contribution is 0.460. The zero-order valence-electron chi connectivity index (χ0n) is 15.4. The average molecular weight is 303 g/mol. The molecule has 0 aromatic rings. The molecule has 0 amide bonds. The fourth-order valence-electron chi connectivity index (χ4n) is 2.27. The van der Waals surface area contributed by atoms with E-state index in [2.05, 4.69) is 63.4 Å². The fourth-order valence-corrected chi connectivity index (χ4v) is 2.27. The summed E-state index contributed by atoms with van der Waals surface area (Å²) in [6, 6.07) is 0. The number of aliphatic imine (C=N–C) groups is 1. The number of allylic oxidation sites excluding steroid dienone is 3. The molecule has 124 valence electrons. The molecule has 0 saturated carbocycles. The van der Waals surface area contributed by atoms with E-state index in [1.165, 1.54) is 17.6 Å². The van der Waals surface area contributed by atoms with E-state index in [1.54, 1.807) is 0 Å². The molecule has 0 unspecified atom stereocenters. The number of nitrogens with zero attached hydrogens (tertiary/aromatic N) is 2. The Bertz CT molecular complexity index is 450. The third kappa shape index (κ3) is 7.44. The molecule has 0 heterocycles. The van der Waals surface area contributed by atoms with Crippen LogP contribution in [0.25, 0.3) is 0 Å². The van der Waals surface area contributed by atoms with Gasteiger partial charge in [-0.3, -0.25) is 4.99 Å². The van der Waals surface area contributed by atoms with Gasteiger partial charge in [0.1, 0.15) is 0 Å². The lowest BCUT2D eigenvalue weighted by atomic mass is 10.0. The van der Waals surface area contributed by atoms with Crippen molar-refractivity contribution in [1.29, 1.82) is 0 Å². The molecule has 2 nitrogen and oxygen atoms in total. The molecule has 0 N–H and O–H groups in total. The second-order valence-electron chi connectivity index (χ2n) is 5.50. The van der Waals surface area contributed by atoms with Crippen molar-refractivity contribution in [2.75, 3.05) is 13.6 Å². The monoisotopic (exact) mass is 302 g/mol. The number of hydrogen-bond acceptors (Lipinski definition) is 2. The second-order valence-corrected chi connectivity index (χ2v) is 5.50. The first kappa shape index (κ1) is 20.4. The summed E-state index contributed by atoms with van der Waals surface area (Å²) in [5.41, 5.74) is 5.02. The van der Waals surface area contributed by atoms with Gasteiger partial charge in [-0.25, -0.2) is 0 Å². The molecule has 0 aromatic heterocycles. The molecule has 0 rings (SSSR count). The van der Waals surface area contributed by atoms with E-state index in [4.69, 9.17) is 0 Å². The molecule has 0 fully saturated rings. The Morgan fingerprint density at radius 3 is 2.18 bits per heavy atom. The van der Waals surface area contributed by atoms with E-state index >= 15 is 0 Å². The number of hydrogen-bond donors (Lipinski definition) is 0. The van der Waals surface area contributed by atoms with Crippen LogP contribution >= 0.6 is 0 Å². The minimum absolute atomic E-state index is 0.919. The molecule has 0 atom stereocenters. The predicted molar refractivity (Wildman–Crippen MR) is 101 cm³/mol. The SMILES string of the molecule is C=C(C(/C=C(/CC)CCC)=C\N=C/C)N(C)C/C(=C/C)CC. The Morgan fingerprint density at radius 2 is 1.73 bits per heavy atom. The van der Waals surface area contributed by atoms with Gasteiger partial charge in [0.15, 0.2) is 0 Å². The maximum absolute atomic E-state index is 4.31. The van der Waals surface area contributed by atoms with E-state index < -0.39 is 0 Å². The second kappa shape index (κ2) is 12.0. The Kier molecular flexibility index (Phi) is 11.2. The van der Waals surface area contributed by atoms with Gasteiger partial charge in [-0.15, -0.1) is 0 Å². The van der Waals surface area contributed by atoms with E-state index in [9.17, 15) is 0 Å². The zero-order chi connectivity index (χ0) is 17.0. The van der Waals surface area contributed by atoms with Gasteiger partial charge >= 0.3 is 0 Å². The van der Waals surface area contributed by atoms with Crippen LogP contribution in [0.15, 0.2) is 52.3 Å². The minimum atomic E-state index is 0.919. The smallest absolute Gasteiger partial charge is 0.0385 e. The van der Waals surface area contributed by atoms with Gasteiger partial charge < -0.3 is 4.90 Å². The van der Waals surface area contributed by atoms with Crippen LogP contribution in [0.3, 0.4) is 0 Å². The van der Waals surface area contributed by atoms with Gasteiger partial charge in [-0.1, -0.05) is 57.1 Å². The topological polar surface area (TPSA) is 15.6 Å². The van der Waals surface area contributed by atoms with Gasteiger partial charge in [-0.2, -0.15) is 0 Å². The van der Waals surface area contributed by atoms with Gasteiger partial charge in [0.25, 0.3) is 0 Å². The maximum atomic E-state index is 4.31. The molecule has 0 radical (unpaired) electrons. The first-order valence-electron chi connectivity index (χ1n) is 8.45. The largest absolute Gasteiger partial charge is 0.371 e. The highest BCUT2D eigenvalue weighted by molar-refractivity contribution is 5.55. The molecule has 0 aromatic carbocycles. The quantitative estimate of drug-likeness (QED) is 0.279. The molecule has 0 spiro atoms. The summed E-state index contributed by atoms with van der Waals surface area (Å²) in [6.07, 6.45) is 12.7. The molecular formula is C20H34N2. The van der Waals surface area contributed by atoms with Crippen molar-refractivity contribution >= 4 is 6.21 Å². The van der Waals surface area contributed by atoms with E-state index in [0.717, 1.165) is 37.1 Å². The number of rotatable bonds is 10. The Morgan fingerprint density at radius 1 is 1.09 bits per heavy atom. The molecule has 2 heteroatoms. The van der Waals surface area contributed by atoms with Crippen molar-refractivity contribution in [3.8, 4) is 0 Å². The van der Waals surface area contributed by atoms with Crippen LogP contribution in [0.5, 0.6) is 0 Å². The fraction of sp³-hybridized carbons (Fsp3) is 0.550. The molecule has 22 heavy (non-hydrogen) atoms. The van der Waals surface area contributed by atoms with E-state index in [0.29, 0.717) is 0 Å². The van der Waals surface area contributed by atoms with Crippen LogP contribution in [0.2, 0.25) is 0 Å². The zero-order valence-corrected chi connectivity index (χ0v) is 15.4. The maximum Gasteiger partial charge on any atom is 0.0385 e. The van der Waals surface area contributed by atoms with Crippen LogP contribution in [-0.2, 0) is 0 Å². The Labute approximate surface area is 138 Å². The van der Waals surface area contributed by atoms with Crippen LogP contribution in [-0.4, -0.2) is 24.7 Å². The molecule has 0 saturated heterocycles. The summed E-state index contributed by atoms with van der Waals surface area (Å²) in [5.74, 6) is 0. The van der Waals surface area contributed by atoms with Gasteiger partial charge in [0, 0.05) is 37.3 Å². The Hall–Kier alpha value is -1.57. The van der Waals surface area contributed by atoms with Crippen molar-refractivity contribution in [2.45, 2.75) is 60.3 Å². The highest BCUT2D eigenvalue weighted by atomic mass is 15.1. The average Bonchev–Trinajstić information content (AvgIpc) is 2.54. The molecule has 0 bridgehead atoms. The van der Waals surface area contributed by atoms with Gasteiger partial charge in [0.05, 0.1) is 0 Å². The standard InChI is InChI=1S/C20H34N2/c1-8-13-19(11-4)14-20(15-21-12-5)17(6)22(7)16-18(9-2)10-3/h9,12,14-15H,6,8,10-11,13,16H2,1-5,7H3/b18-9+,19-14-,20-15-,21-12-. The third-order valence-electron chi connectivity index (χ3n) is 3.84. The summed E-state index contributed by atoms with van der Waals surface area (Å²) in [6.45, 7) is 15.9. The van der Waals surface area contributed by atoms with Crippen molar-refractivity contribution in [3.63, 3.8) is 0 Å². The molecule has 0 aliphatic heterocycles. The summed E-state index contributed by atoms with van der Waals surface area (Å²) in [4.78, 5) is 6.52. The van der Waals surface area contributed by atoms with Crippen LogP contribution in [0, 0.1) is 0 Å². The van der Waals surface area contributed by atoms with Gasteiger partial charge in [0.2, 0.25) is 0 Å². The van der Waals surface area contributed by atoms with E-state index in [-0.39, 0.29) is 0 Å². The summed E-state index contributed by atoms with van der Waals surface area (Å²) < 4.78 is 0. The van der Waals surface area contributed by atoms with Crippen molar-refractivity contribution < 1.29 is 0 Å². The Balaban J connectivity index is 5.31. The lowest BCUT2D eigenvalue weighted by Gasteiger charge is -2.24. The predicted octanol–water partition coefficient (Wildman–Crippen LogP) is 5.90. The summed E-state index contributed by atoms with van der Waals surface area (Å²) in [5, 5.41) is 0. The van der Waals surface area contributed by atoms with Crippen molar-refractivity contribution in [1.82, 2.24) is 4.90 Å². The molecule has 0 aliphatic rings. The summed E-state index contributed by atoms with van der Waals surface area (Å²) in [7, 11) is 2.10. The molecule has 0 aliphatic carbocycles. The highest BCUT2D eigenvalue weighted by Gasteiger charge is 2.08. The minimum Gasteiger partial charge on any atom is -0.371 e. The lowest BCUT2D eigenvalue weighted by Crippen LogP contribution is -2.20. The normalized spacial score (nSPS) is 13.8.